The summed E-state index contributed by atoms with van der Waals surface area (Å²) in [5.74, 6) is 0.690. The molecule has 0 amide bonds. The normalized spacial score (nSPS) is 30.3. The van der Waals surface area contributed by atoms with Crippen LogP contribution in [0.5, 0.6) is 0 Å². The maximum atomic E-state index is 10.4. The molecule has 3 unspecified atom stereocenters. The molecule has 16 heavy (non-hydrogen) atoms. The van der Waals surface area contributed by atoms with Gasteiger partial charge in [-0.25, -0.2) is 0 Å². The van der Waals surface area contributed by atoms with E-state index < -0.39 is 0 Å². The van der Waals surface area contributed by atoms with Gasteiger partial charge in [-0.3, -0.25) is 0 Å². The minimum atomic E-state index is -0.213. The first kappa shape index (κ1) is 10.3. The largest absolute Gasteiger partial charge is 0.392 e. The fourth-order valence-electron chi connectivity index (χ4n) is 2.97. The van der Waals surface area contributed by atoms with Gasteiger partial charge >= 0.3 is 0 Å². The Morgan fingerprint density at radius 1 is 1.31 bits per heavy atom. The Hall–Kier alpha value is -0.860. The highest BCUT2D eigenvalue weighted by Gasteiger charge is 2.36. The molecular formula is C14H18O2. The Morgan fingerprint density at radius 3 is 2.94 bits per heavy atom. The van der Waals surface area contributed by atoms with Crippen LogP contribution in [0.2, 0.25) is 0 Å². The molecule has 0 radical (unpaired) electrons. The van der Waals surface area contributed by atoms with E-state index in [2.05, 4.69) is 24.3 Å². The summed E-state index contributed by atoms with van der Waals surface area (Å²) in [6, 6.07) is 8.45. The van der Waals surface area contributed by atoms with Crippen molar-refractivity contribution >= 4 is 0 Å². The van der Waals surface area contributed by atoms with Crippen molar-refractivity contribution in [2.45, 2.75) is 31.3 Å². The van der Waals surface area contributed by atoms with Crippen molar-refractivity contribution in [3.05, 3.63) is 35.4 Å². The van der Waals surface area contributed by atoms with Crippen LogP contribution in [0.15, 0.2) is 24.3 Å². The second-order valence-electron chi connectivity index (χ2n) is 4.98. The van der Waals surface area contributed by atoms with Gasteiger partial charge in [-0.1, -0.05) is 24.3 Å². The van der Waals surface area contributed by atoms with Crippen LogP contribution < -0.4 is 0 Å². The molecule has 1 aromatic carbocycles. The van der Waals surface area contributed by atoms with Crippen molar-refractivity contribution in [2.24, 2.45) is 5.92 Å². The Bertz CT molecular complexity index is 369. The van der Waals surface area contributed by atoms with E-state index in [4.69, 9.17) is 4.74 Å². The zero-order valence-corrected chi connectivity index (χ0v) is 9.43. The van der Waals surface area contributed by atoms with Gasteiger partial charge in [0.25, 0.3) is 0 Å². The van der Waals surface area contributed by atoms with Crippen LogP contribution in [0, 0.1) is 5.92 Å². The van der Waals surface area contributed by atoms with E-state index in [1.165, 1.54) is 11.1 Å². The van der Waals surface area contributed by atoms with Gasteiger partial charge in [0.1, 0.15) is 0 Å². The minimum Gasteiger partial charge on any atom is -0.392 e. The molecule has 1 aromatic rings. The highest BCUT2D eigenvalue weighted by molar-refractivity contribution is 5.40. The first-order valence-corrected chi connectivity index (χ1v) is 6.20. The van der Waals surface area contributed by atoms with Crippen molar-refractivity contribution in [2.75, 3.05) is 13.2 Å². The molecule has 86 valence electrons. The van der Waals surface area contributed by atoms with Gasteiger partial charge in [0.2, 0.25) is 0 Å². The van der Waals surface area contributed by atoms with Crippen LogP contribution in [0.1, 0.15) is 29.9 Å². The molecule has 0 saturated carbocycles. The van der Waals surface area contributed by atoms with Gasteiger partial charge in [-0.05, 0) is 30.4 Å². The minimum absolute atomic E-state index is 0.213. The molecule has 1 saturated heterocycles. The highest BCUT2D eigenvalue weighted by atomic mass is 16.5. The number of hydrogen-bond acceptors (Lipinski definition) is 2. The maximum Gasteiger partial charge on any atom is 0.0662 e. The Kier molecular flexibility index (Phi) is 2.70. The van der Waals surface area contributed by atoms with Crippen LogP contribution in [0.3, 0.4) is 0 Å². The second-order valence-corrected chi connectivity index (χ2v) is 4.98. The van der Waals surface area contributed by atoms with Gasteiger partial charge < -0.3 is 9.84 Å². The summed E-state index contributed by atoms with van der Waals surface area (Å²) in [6.07, 6.45) is 3.03. The Labute approximate surface area is 96.2 Å². The van der Waals surface area contributed by atoms with Crippen LogP contribution >= 0.6 is 0 Å². The van der Waals surface area contributed by atoms with E-state index in [1.54, 1.807) is 0 Å². The predicted molar refractivity (Wildman–Crippen MR) is 62.4 cm³/mol. The molecule has 1 fully saturated rings. The van der Waals surface area contributed by atoms with Crippen molar-refractivity contribution in [1.29, 1.82) is 0 Å². The lowest BCUT2D eigenvalue weighted by atomic mass is 9.71. The standard InChI is InChI=1S/C14H18O2/c15-14(11-5-3-7-16-9-11)13-8-10-4-1-2-6-12(10)13/h1-2,4,6,11,13-15H,3,5,7-9H2. The van der Waals surface area contributed by atoms with E-state index in [0.29, 0.717) is 11.8 Å². The summed E-state index contributed by atoms with van der Waals surface area (Å²) in [5, 5.41) is 10.4. The zero-order chi connectivity index (χ0) is 11.0. The molecule has 3 atom stereocenters. The molecule has 2 nitrogen and oxygen atoms in total. The Balaban J connectivity index is 1.71. The maximum absolute atomic E-state index is 10.4. The molecule has 3 rings (SSSR count). The molecule has 1 aliphatic carbocycles. The monoisotopic (exact) mass is 218 g/mol. The molecule has 1 heterocycles. The number of rotatable bonds is 2. The summed E-state index contributed by atoms with van der Waals surface area (Å²) >= 11 is 0. The van der Waals surface area contributed by atoms with Crippen molar-refractivity contribution < 1.29 is 9.84 Å². The number of fused-ring (bicyclic) bond motifs is 1. The average Bonchev–Trinajstić information content (AvgIpc) is 2.32. The molecule has 1 N–H and O–H groups in total. The molecule has 0 bridgehead atoms. The molecule has 0 aromatic heterocycles. The van der Waals surface area contributed by atoms with Crippen molar-refractivity contribution in [3.63, 3.8) is 0 Å². The second kappa shape index (κ2) is 4.19. The van der Waals surface area contributed by atoms with E-state index >= 15 is 0 Å². The topological polar surface area (TPSA) is 29.5 Å². The van der Waals surface area contributed by atoms with Crippen LogP contribution in [-0.4, -0.2) is 24.4 Å². The predicted octanol–water partition coefficient (Wildman–Crippen LogP) is 2.11. The number of aliphatic hydroxyl groups is 1. The van der Waals surface area contributed by atoms with Crippen LogP contribution in [-0.2, 0) is 11.2 Å². The molecule has 2 heteroatoms. The lowest BCUT2D eigenvalue weighted by molar-refractivity contribution is -0.0225. The van der Waals surface area contributed by atoms with Gasteiger partial charge in [-0.2, -0.15) is 0 Å². The number of aliphatic hydroxyl groups excluding tert-OH is 1. The molecular weight excluding hydrogens is 200 g/mol. The zero-order valence-electron chi connectivity index (χ0n) is 9.43. The number of benzene rings is 1. The van der Waals surface area contributed by atoms with Crippen LogP contribution in [0.25, 0.3) is 0 Å². The smallest absolute Gasteiger partial charge is 0.0662 e. The third-order valence-corrected chi connectivity index (χ3v) is 3.99. The highest BCUT2D eigenvalue weighted by Crippen LogP contribution is 2.40. The molecule has 0 spiro atoms. The molecule has 1 aliphatic heterocycles. The summed E-state index contributed by atoms with van der Waals surface area (Å²) in [5.41, 5.74) is 2.75. The Morgan fingerprint density at radius 2 is 2.19 bits per heavy atom. The summed E-state index contributed by atoms with van der Waals surface area (Å²) < 4.78 is 5.45. The van der Waals surface area contributed by atoms with E-state index in [9.17, 15) is 5.11 Å². The fraction of sp³-hybridized carbons (Fsp3) is 0.571. The quantitative estimate of drug-likeness (QED) is 0.824. The van der Waals surface area contributed by atoms with Crippen molar-refractivity contribution in [3.8, 4) is 0 Å². The van der Waals surface area contributed by atoms with Crippen LogP contribution in [0.4, 0.5) is 0 Å². The third kappa shape index (κ3) is 1.66. The first-order chi connectivity index (χ1) is 7.86. The van der Waals surface area contributed by atoms with Gasteiger partial charge in [-0.15, -0.1) is 0 Å². The van der Waals surface area contributed by atoms with Gasteiger partial charge in [0, 0.05) is 18.4 Å². The average molecular weight is 218 g/mol. The SMILES string of the molecule is OC(C1CCCOC1)C1Cc2ccccc21. The van der Waals surface area contributed by atoms with E-state index in [0.717, 1.165) is 32.5 Å². The lowest BCUT2D eigenvalue weighted by Gasteiger charge is -2.38. The first-order valence-electron chi connectivity index (χ1n) is 6.20. The lowest BCUT2D eigenvalue weighted by Crippen LogP contribution is -2.38. The summed E-state index contributed by atoms with van der Waals surface area (Å²) in [6.45, 7) is 1.60. The van der Waals surface area contributed by atoms with Gasteiger partial charge in [0.05, 0.1) is 12.7 Å². The van der Waals surface area contributed by atoms with E-state index in [-0.39, 0.29) is 6.10 Å². The summed E-state index contributed by atoms with van der Waals surface area (Å²) in [4.78, 5) is 0. The van der Waals surface area contributed by atoms with E-state index in [1.807, 2.05) is 0 Å². The fourth-order valence-corrected chi connectivity index (χ4v) is 2.97. The summed E-state index contributed by atoms with van der Waals surface area (Å²) in [7, 11) is 0. The van der Waals surface area contributed by atoms with Crippen molar-refractivity contribution in [1.82, 2.24) is 0 Å². The van der Waals surface area contributed by atoms with Gasteiger partial charge in [0.15, 0.2) is 0 Å². The third-order valence-electron chi connectivity index (χ3n) is 3.99. The molecule has 2 aliphatic rings. The number of hydrogen-bond donors (Lipinski definition) is 1. The number of ether oxygens (including phenoxy) is 1.